The molecule has 0 fully saturated rings. The van der Waals surface area contributed by atoms with E-state index in [1.54, 1.807) is 0 Å². The lowest BCUT2D eigenvalue weighted by Crippen LogP contribution is -2.09. The molecule has 1 atom stereocenters. The van der Waals surface area contributed by atoms with E-state index in [0.717, 1.165) is 0 Å². The van der Waals surface area contributed by atoms with Crippen LogP contribution in [0.5, 0.6) is 0 Å². The number of rotatable bonds is 3. The van der Waals surface area contributed by atoms with Crippen LogP contribution >= 0.6 is 0 Å². The van der Waals surface area contributed by atoms with Crippen LogP contribution in [0.4, 0.5) is 0 Å². The highest BCUT2D eigenvalue weighted by atomic mass is 16.4. The predicted octanol–water partition coefficient (Wildman–Crippen LogP) is 1.07. The van der Waals surface area contributed by atoms with Crippen molar-refractivity contribution in [2.24, 2.45) is 5.92 Å². The molecule has 9 heavy (non-hydrogen) atoms. The Kier molecular flexibility index (Phi) is 3.36. The SMILES string of the molecule is [B]C(CC(C)C)C(=O)O. The maximum absolute atomic E-state index is 10.1. The summed E-state index contributed by atoms with van der Waals surface area (Å²) in [6.45, 7) is 3.89. The Morgan fingerprint density at radius 3 is 2.22 bits per heavy atom. The van der Waals surface area contributed by atoms with E-state index in [4.69, 9.17) is 13.0 Å². The molecule has 1 unspecified atom stereocenters. The van der Waals surface area contributed by atoms with Crippen LogP contribution in [0.15, 0.2) is 0 Å². The number of carboxylic acids is 1. The average molecular weight is 126 g/mol. The molecule has 0 aromatic rings. The van der Waals surface area contributed by atoms with E-state index < -0.39 is 11.8 Å². The number of aliphatic carboxylic acids is 1. The van der Waals surface area contributed by atoms with Crippen LogP contribution in [0, 0.1) is 5.92 Å². The molecule has 1 N–H and O–H groups in total. The Balaban J connectivity index is 3.50. The smallest absolute Gasteiger partial charge is 0.297 e. The average Bonchev–Trinajstić information content (AvgIpc) is 1.63. The maximum Gasteiger partial charge on any atom is 0.297 e. The number of carbonyl (C=O) groups is 1. The predicted molar refractivity (Wildman–Crippen MR) is 36.6 cm³/mol. The van der Waals surface area contributed by atoms with Gasteiger partial charge in [-0.25, -0.2) is 0 Å². The molecule has 0 aliphatic rings. The zero-order valence-electron chi connectivity index (χ0n) is 5.79. The Morgan fingerprint density at radius 2 is 2.11 bits per heavy atom. The van der Waals surface area contributed by atoms with Gasteiger partial charge in [-0.1, -0.05) is 13.8 Å². The lowest BCUT2D eigenvalue weighted by Gasteiger charge is -2.07. The summed E-state index contributed by atoms with van der Waals surface area (Å²) < 4.78 is 0. The molecule has 0 heterocycles. The third-order valence-corrected chi connectivity index (χ3v) is 1.04. The summed E-state index contributed by atoms with van der Waals surface area (Å²) in [6, 6.07) is 0. The summed E-state index contributed by atoms with van der Waals surface area (Å²) in [5.41, 5.74) is 0. The van der Waals surface area contributed by atoms with Gasteiger partial charge in [0, 0.05) is 5.82 Å². The van der Waals surface area contributed by atoms with Crippen molar-refractivity contribution in [3.05, 3.63) is 0 Å². The fourth-order valence-electron chi connectivity index (χ4n) is 0.609. The fourth-order valence-corrected chi connectivity index (χ4v) is 0.609. The van der Waals surface area contributed by atoms with Gasteiger partial charge in [0.2, 0.25) is 0 Å². The standard InChI is InChI=1S/C6H11BO2/c1-4(2)3-5(7)6(8)9/h4-5H,3H2,1-2H3,(H,8,9). The topological polar surface area (TPSA) is 37.3 Å². The third-order valence-electron chi connectivity index (χ3n) is 1.04. The molecule has 0 aliphatic carbocycles. The van der Waals surface area contributed by atoms with Crippen LogP contribution in [-0.2, 0) is 4.79 Å². The molecule has 0 aromatic heterocycles. The molecule has 2 radical (unpaired) electrons. The van der Waals surface area contributed by atoms with E-state index in [9.17, 15) is 4.79 Å². The van der Waals surface area contributed by atoms with Crippen LogP contribution < -0.4 is 0 Å². The van der Waals surface area contributed by atoms with Gasteiger partial charge >= 0.3 is 0 Å². The van der Waals surface area contributed by atoms with Crippen LogP contribution in [0.25, 0.3) is 0 Å². The first-order chi connectivity index (χ1) is 4.04. The second-order valence-electron chi connectivity index (χ2n) is 2.57. The van der Waals surface area contributed by atoms with E-state index in [1.165, 1.54) is 0 Å². The minimum absolute atomic E-state index is 0.357. The van der Waals surface area contributed by atoms with Crippen LogP contribution in [-0.4, -0.2) is 18.9 Å². The van der Waals surface area contributed by atoms with Crippen molar-refractivity contribution in [1.29, 1.82) is 0 Å². The Labute approximate surface area is 56.7 Å². The van der Waals surface area contributed by atoms with Gasteiger partial charge in [0.25, 0.3) is 5.97 Å². The van der Waals surface area contributed by atoms with E-state index in [0.29, 0.717) is 12.3 Å². The summed E-state index contributed by atoms with van der Waals surface area (Å²) in [6.07, 6.45) is 0.551. The van der Waals surface area contributed by atoms with Crippen molar-refractivity contribution in [2.75, 3.05) is 0 Å². The van der Waals surface area contributed by atoms with E-state index in [2.05, 4.69) is 0 Å². The zero-order chi connectivity index (χ0) is 7.44. The van der Waals surface area contributed by atoms with Gasteiger partial charge < -0.3 is 5.11 Å². The first-order valence-corrected chi connectivity index (χ1v) is 3.02. The van der Waals surface area contributed by atoms with Gasteiger partial charge in [-0.05, 0) is 12.3 Å². The molecule has 0 spiro atoms. The van der Waals surface area contributed by atoms with E-state index >= 15 is 0 Å². The van der Waals surface area contributed by atoms with Gasteiger partial charge in [0.1, 0.15) is 0 Å². The van der Waals surface area contributed by atoms with Crippen molar-refractivity contribution in [1.82, 2.24) is 0 Å². The van der Waals surface area contributed by atoms with Gasteiger partial charge in [-0.15, -0.1) is 0 Å². The minimum Gasteiger partial charge on any atom is -0.482 e. The molecule has 50 valence electrons. The van der Waals surface area contributed by atoms with Crippen molar-refractivity contribution in [3.8, 4) is 0 Å². The quantitative estimate of drug-likeness (QED) is 0.574. The second kappa shape index (κ2) is 3.54. The number of hydrogen-bond acceptors (Lipinski definition) is 1. The number of carboxylic acid groups (broad SMARTS) is 1. The molecule has 0 saturated heterocycles. The van der Waals surface area contributed by atoms with Crippen molar-refractivity contribution in [3.63, 3.8) is 0 Å². The molecule has 0 aliphatic heterocycles. The van der Waals surface area contributed by atoms with Gasteiger partial charge in [-0.2, -0.15) is 0 Å². The van der Waals surface area contributed by atoms with Crippen molar-refractivity contribution >= 4 is 13.8 Å². The summed E-state index contributed by atoms with van der Waals surface area (Å²) in [7, 11) is 5.22. The zero-order valence-corrected chi connectivity index (χ0v) is 5.79. The lowest BCUT2D eigenvalue weighted by molar-refractivity contribution is -0.137. The lowest BCUT2D eigenvalue weighted by atomic mass is 9.81. The second-order valence-corrected chi connectivity index (χ2v) is 2.57. The molecular weight excluding hydrogens is 115 g/mol. The van der Waals surface area contributed by atoms with E-state index in [-0.39, 0.29) is 0 Å². The monoisotopic (exact) mass is 126 g/mol. The number of hydrogen-bond donors (Lipinski definition) is 1. The maximum atomic E-state index is 10.1. The molecule has 0 bridgehead atoms. The molecule has 2 nitrogen and oxygen atoms in total. The molecule has 0 aromatic carbocycles. The first kappa shape index (κ1) is 8.53. The third kappa shape index (κ3) is 4.07. The summed E-state index contributed by atoms with van der Waals surface area (Å²) in [4.78, 5) is 10.1. The van der Waals surface area contributed by atoms with Crippen LogP contribution in [0.2, 0.25) is 5.82 Å². The van der Waals surface area contributed by atoms with Crippen molar-refractivity contribution in [2.45, 2.75) is 26.1 Å². The molecule has 0 saturated carbocycles. The highest BCUT2D eigenvalue weighted by Gasteiger charge is 2.10. The summed E-state index contributed by atoms with van der Waals surface area (Å²) >= 11 is 0. The van der Waals surface area contributed by atoms with Crippen LogP contribution in [0.3, 0.4) is 0 Å². The Bertz CT molecular complexity index is 101. The molecule has 3 heteroatoms. The fraction of sp³-hybridized carbons (Fsp3) is 0.833. The molecular formula is C6H11BO2. The van der Waals surface area contributed by atoms with Gasteiger partial charge in [0.15, 0.2) is 0 Å². The Morgan fingerprint density at radius 1 is 1.67 bits per heavy atom. The minimum atomic E-state index is -0.913. The van der Waals surface area contributed by atoms with E-state index in [1.807, 2.05) is 13.8 Å². The van der Waals surface area contributed by atoms with Crippen molar-refractivity contribution < 1.29 is 9.90 Å². The highest BCUT2D eigenvalue weighted by Crippen LogP contribution is 2.12. The largest absolute Gasteiger partial charge is 0.482 e. The highest BCUT2D eigenvalue weighted by molar-refractivity contribution is 6.22. The molecule has 0 rings (SSSR count). The Hall–Kier alpha value is -0.465. The normalized spacial score (nSPS) is 13.7. The van der Waals surface area contributed by atoms with Crippen LogP contribution in [0.1, 0.15) is 20.3 Å². The summed E-state index contributed by atoms with van der Waals surface area (Å²) in [5.74, 6) is -1.25. The van der Waals surface area contributed by atoms with Gasteiger partial charge in [0.05, 0.1) is 7.85 Å². The molecule has 0 amide bonds. The van der Waals surface area contributed by atoms with Gasteiger partial charge in [-0.3, -0.25) is 4.79 Å². The summed E-state index contributed by atoms with van der Waals surface area (Å²) in [5, 5.41) is 8.31. The first-order valence-electron chi connectivity index (χ1n) is 3.02.